The summed E-state index contributed by atoms with van der Waals surface area (Å²) in [6.07, 6.45) is 2.72. The second-order valence-electron chi connectivity index (χ2n) is 2.01. The smallest absolute Gasteiger partial charge is 0.590 e. The molecule has 1 aromatic heterocycles. The van der Waals surface area contributed by atoms with E-state index in [9.17, 15) is 0 Å². The van der Waals surface area contributed by atoms with Crippen LogP contribution in [-0.2, 0) is 19.5 Å². The fourth-order valence-electron chi connectivity index (χ4n) is 0.892. The minimum atomic E-state index is 0. The number of benzene rings is 1. The Balaban J connectivity index is 0.000000605. The molecule has 0 amide bonds. The molecule has 0 spiro atoms. The number of fused-ring (bicyclic) bond motifs is 1. The first kappa shape index (κ1) is 8.96. The summed E-state index contributed by atoms with van der Waals surface area (Å²) in [4.78, 5) is 0. The molecule has 0 N–H and O–H groups in total. The van der Waals surface area contributed by atoms with Crippen LogP contribution in [0.25, 0.3) is 11.0 Å². The standard InChI is InChI=1S/C8H4BrO.Rh/c9-7-5-10-8-4-2-1-3-6(7)8;/h1-4H;/q-1;+2. The molecule has 0 saturated heterocycles. The number of halogens is 1. The molecule has 0 unspecified atom stereocenters. The van der Waals surface area contributed by atoms with E-state index in [1.165, 1.54) is 0 Å². The van der Waals surface area contributed by atoms with Gasteiger partial charge < -0.3 is 4.42 Å². The van der Waals surface area contributed by atoms with Crippen molar-refractivity contribution in [2.45, 2.75) is 0 Å². The van der Waals surface area contributed by atoms with Crippen molar-refractivity contribution in [3.8, 4) is 0 Å². The summed E-state index contributed by atoms with van der Waals surface area (Å²) in [5.41, 5.74) is 0.870. The maximum atomic E-state index is 5.08. The van der Waals surface area contributed by atoms with Gasteiger partial charge in [-0.1, -0.05) is 38.6 Å². The van der Waals surface area contributed by atoms with Gasteiger partial charge in [0.25, 0.3) is 0 Å². The van der Waals surface area contributed by atoms with E-state index in [4.69, 9.17) is 4.42 Å². The Kier molecular flexibility index (Phi) is 2.86. The van der Waals surface area contributed by atoms with E-state index < -0.39 is 0 Å². The largest absolute Gasteiger partial charge is 2.00 e. The molecule has 0 atom stereocenters. The second kappa shape index (κ2) is 3.51. The van der Waals surface area contributed by atoms with E-state index in [0.717, 1.165) is 15.4 Å². The molecule has 1 nitrogen and oxygen atoms in total. The number of furan rings is 1. The van der Waals surface area contributed by atoms with Crippen LogP contribution in [0.4, 0.5) is 0 Å². The van der Waals surface area contributed by atoms with Crippen LogP contribution in [0.5, 0.6) is 0 Å². The maximum Gasteiger partial charge on any atom is 2.00 e. The predicted molar refractivity (Wildman–Crippen MR) is 42.8 cm³/mol. The minimum absolute atomic E-state index is 0. The van der Waals surface area contributed by atoms with Gasteiger partial charge in [0, 0.05) is 6.26 Å². The van der Waals surface area contributed by atoms with Gasteiger partial charge in [-0.25, -0.2) is 0 Å². The van der Waals surface area contributed by atoms with Gasteiger partial charge in [-0.3, -0.25) is 0 Å². The molecule has 0 aliphatic carbocycles. The van der Waals surface area contributed by atoms with Gasteiger partial charge in [0.15, 0.2) is 0 Å². The van der Waals surface area contributed by atoms with Gasteiger partial charge in [-0.05, 0) is 5.58 Å². The van der Waals surface area contributed by atoms with Crippen molar-refractivity contribution >= 4 is 26.9 Å². The van der Waals surface area contributed by atoms with Gasteiger partial charge in [-0.15, -0.1) is 11.5 Å². The summed E-state index contributed by atoms with van der Waals surface area (Å²) in [5, 5.41) is 1.07. The van der Waals surface area contributed by atoms with E-state index in [2.05, 4.69) is 22.2 Å². The number of para-hydroxylation sites is 1. The van der Waals surface area contributed by atoms with E-state index in [0.29, 0.717) is 0 Å². The third-order valence-electron chi connectivity index (χ3n) is 1.37. The van der Waals surface area contributed by atoms with Crippen molar-refractivity contribution in [2.24, 2.45) is 0 Å². The van der Waals surface area contributed by atoms with Crippen LogP contribution in [0.2, 0.25) is 0 Å². The Hall–Kier alpha value is -0.137. The molecule has 3 heteroatoms. The molecule has 1 heterocycles. The molecule has 0 aliphatic heterocycles. The second-order valence-corrected chi connectivity index (χ2v) is 2.81. The van der Waals surface area contributed by atoms with Crippen molar-refractivity contribution in [3.05, 3.63) is 35.0 Å². The Bertz CT molecular complexity index is 356. The normalized spacial score (nSPS) is 9.55. The summed E-state index contributed by atoms with van der Waals surface area (Å²) in [6.45, 7) is 0. The zero-order chi connectivity index (χ0) is 6.97. The molecular weight excluding hydrogens is 295 g/mol. The third-order valence-corrected chi connectivity index (χ3v) is 1.96. The first-order valence-corrected chi connectivity index (χ1v) is 3.72. The molecule has 2 rings (SSSR count). The zero-order valence-corrected chi connectivity index (χ0v) is 8.65. The molecule has 11 heavy (non-hydrogen) atoms. The fourth-order valence-corrected chi connectivity index (χ4v) is 1.30. The van der Waals surface area contributed by atoms with E-state index in [-0.39, 0.29) is 19.5 Å². The summed E-state index contributed by atoms with van der Waals surface area (Å²) < 4.78 is 5.97. The van der Waals surface area contributed by atoms with Crippen molar-refractivity contribution in [1.82, 2.24) is 0 Å². The van der Waals surface area contributed by atoms with Crippen LogP contribution < -0.4 is 0 Å². The van der Waals surface area contributed by atoms with Crippen LogP contribution >= 0.6 is 15.9 Å². The van der Waals surface area contributed by atoms with Crippen molar-refractivity contribution in [3.63, 3.8) is 0 Å². The van der Waals surface area contributed by atoms with Crippen LogP contribution in [0.15, 0.2) is 33.2 Å². The number of hydrogen-bond acceptors (Lipinski definition) is 1. The van der Waals surface area contributed by atoms with E-state index >= 15 is 0 Å². The van der Waals surface area contributed by atoms with Crippen molar-refractivity contribution < 1.29 is 23.9 Å². The average molecular weight is 299 g/mol. The SMILES string of the molecule is Brc1[c-]oc2ccccc12.[Rh+2]. The van der Waals surface area contributed by atoms with Crippen molar-refractivity contribution in [1.29, 1.82) is 0 Å². The quantitative estimate of drug-likeness (QED) is 0.538. The summed E-state index contributed by atoms with van der Waals surface area (Å²) in [6, 6.07) is 7.80. The Labute approximate surface area is 85.7 Å². The van der Waals surface area contributed by atoms with Crippen molar-refractivity contribution in [2.75, 3.05) is 0 Å². The Morgan fingerprint density at radius 2 is 2.00 bits per heavy atom. The maximum absolute atomic E-state index is 5.08. The molecule has 2 aromatic rings. The topological polar surface area (TPSA) is 13.1 Å². The average Bonchev–Trinajstić information content (AvgIpc) is 2.34. The first-order valence-electron chi connectivity index (χ1n) is 2.92. The molecule has 57 valence electrons. The van der Waals surface area contributed by atoms with E-state index in [1.54, 1.807) is 0 Å². The monoisotopic (exact) mass is 298 g/mol. The van der Waals surface area contributed by atoms with Gasteiger partial charge in [0.05, 0.1) is 0 Å². The predicted octanol–water partition coefficient (Wildman–Crippen LogP) is 2.99. The molecule has 0 aliphatic rings. The summed E-state index contributed by atoms with van der Waals surface area (Å²) >= 11 is 3.32. The summed E-state index contributed by atoms with van der Waals surface area (Å²) in [7, 11) is 0. The molecular formula is C8H4BrORh+. The Morgan fingerprint density at radius 3 is 2.73 bits per heavy atom. The molecule has 1 aromatic carbocycles. The van der Waals surface area contributed by atoms with Crippen LogP contribution in [0.3, 0.4) is 0 Å². The molecule has 1 radical (unpaired) electrons. The van der Waals surface area contributed by atoms with Crippen LogP contribution in [-0.4, -0.2) is 0 Å². The van der Waals surface area contributed by atoms with Crippen LogP contribution in [0.1, 0.15) is 0 Å². The number of hydrogen-bond donors (Lipinski definition) is 0. The van der Waals surface area contributed by atoms with Gasteiger partial charge in [-0.2, -0.15) is 0 Å². The Morgan fingerprint density at radius 1 is 1.27 bits per heavy atom. The zero-order valence-electron chi connectivity index (χ0n) is 5.43. The van der Waals surface area contributed by atoms with Gasteiger partial charge >= 0.3 is 19.5 Å². The summed E-state index contributed by atoms with van der Waals surface area (Å²) in [5.74, 6) is 0. The molecule has 0 saturated carbocycles. The van der Waals surface area contributed by atoms with E-state index in [1.807, 2.05) is 24.3 Å². The fraction of sp³-hybridized carbons (Fsp3) is 0. The molecule has 0 fully saturated rings. The van der Waals surface area contributed by atoms with Gasteiger partial charge in [0.2, 0.25) is 0 Å². The molecule has 0 bridgehead atoms. The first-order chi connectivity index (χ1) is 4.88. The third kappa shape index (κ3) is 1.55. The minimum Gasteiger partial charge on any atom is -0.590 e. The van der Waals surface area contributed by atoms with Crippen LogP contribution in [0, 0.1) is 6.26 Å². The number of rotatable bonds is 0. The van der Waals surface area contributed by atoms with Gasteiger partial charge in [0.1, 0.15) is 0 Å².